The number of aromatic nitrogens is 2. The van der Waals surface area contributed by atoms with E-state index in [0.29, 0.717) is 29.9 Å². The van der Waals surface area contributed by atoms with Crippen LogP contribution in [0.1, 0.15) is 19.3 Å². The van der Waals surface area contributed by atoms with E-state index < -0.39 is 0 Å². The van der Waals surface area contributed by atoms with Gasteiger partial charge in [-0.25, -0.2) is 4.98 Å². The van der Waals surface area contributed by atoms with Crippen molar-refractivity contribution in [1.29, 1.82) is 0 Å². The molecule has 0 aliphatic heterocycles. The number of unbranched alkanes of at least 4 members (excludes halogenated alkanes) is 2. The standard InChI is InChI=1S/C27H28N2O4/c1-31-21-15-13-20(14-16-21)26-28-25-12-5-4-11-24(25)27(30)29(26)17-6-3-7-18-33-23-10-8-9-22(19-23)32-2/h4-5,8-16,19H,3,6-7,17-18H2,1-2H3. The highest BCUT2D eigenvalue weighted by Gasteiger charge is 2.12. The van der Waals surface area contributed by atoms with E-state index >= 15 is 0 Å². The Hall–Kier alpha value is -3.80. The van der Waals surface area contributed by atoms with Gasteiger partial charge >= 0.3 is 0 Å². The van der Waals surface area contributed by atoms with Crippen LogP contribution < -0.4 is 19.8 Å². The van der Waals surface area contributed by atoms with E-state index in [0.717, 1.165) is 42.1 Å². The Kier molecular flexibility index (Phi) is 7.25. The maximum atomic E-state index is 13.3. The summed E-state index contributed by atoms with van der Waals surface area (Å²) in [7, 11) is 3.28. The van der Waals surface area contributed by atoms with Crippen LogP contribution in [0.4, 0.5) is 0 Å². The molecule has 1 aromatic heterocycles. The molecule has 3 aromatic carbocycles. The first kappa shape index (κ1) is 22.4. The number of benzene rings is 3. The monoisotopic (exact) mass is 444 g/mol. The summed E-state index contributed by atoms with van der Waals surface area (Å²) in [6.07, 6.45) is 2.68. The number of para-hydroxylation sites is 1. The third kappa shape index (κ3) is 5.34. The summed E-state index contributed by atoms with van der Waals surface area (Å²) < 4.78 is 18.1. The van der Waals surface area contributed by atoms with E-state index in [2.05, 4.69) is 0 Å². The summed E-state index contributed by atoms with van der Waals surface area (Å²) in [5.74, 6) is 3.02. The highest BCUT2D eigenvalue weighted by molar-refractivity contribution is 5.79. The molecule has 0 aliphatic carbocycles. The van der Waals surface area contributed by atoms with E-state index in [9.17, 15) is 4.79 Å². The van der Waals surface area contributed by atoms with E-state index in [-0.39, 0.29) is 5.56 Å². The lowest BCUT2D eigenvalue weighted by molar-refractivity contribution is 0.301. The Morgan fingerprint density at radius 3 is 2.33 bits per heavy atom. The van der Waals surface area contributed by atoms with Gasteiger partial charge in [0, 0.05) is 18.2 Å². The molecule has 0 spiro atoms. The smallest absolute Gasteiger partial charge is 0.261 e. The molecule has 0 atom stereocenters. The number of methoxy groups -OCH3 is 2. The van der Waals surface area contributed by atoms with Crippen molar-refractivity contribution in [3.05, 3.63) is 83.2 Å². The highest BCUT2D eigenvalue weighted by Crippen LogP contribution is 2.23. The van der Waals surface area contributed by atoms with Crippen molar-refractivity contribution in [3.8, 4) is 28.6 Å². The van der Waals surface area contributed by atoms with Crippen molar-refractivity contribution in [2.75, 3.05) is 20.8 Å². The van der Waals surface area contributed by atoms with Gasteiger partial charge in [-0.05, 0) is 67.8 Å². The minimum absolute atomic E-state index is 0.0148. The molecule has 6 nitrogen and oxygen atoms in total. The highest BCUT2D eigenvalue weighted by atomic mass is 16.5. The Morgan fingerprint density at radius 1 is 0.788 bits per heavy atom. The molecule has 4 rings (SSSR count). The molecule has 0 saturated carbocycles. The number of nitrogens with zero attached hydrogens (tertiary/aromatic N) is 2. The van der Waals surface area contributed by atoms with Gasteiger partial charge in [0.05, 0.1) is 31.7 Å². The lowest BCUT2D eigenvalue weighted by Gasteiger charge is -2.14. The topological polar surface area (TPSA) is 62.6 Å². The fourth-order valence-corrected chi connectivity index (χ4v) is 3.77. The fourth-order valence-electron chi connectivity index (χ4n) is 3.77. The van der Waals surface area contributed by atoms with Crippen molar-refractivity contribution < 1.29 is 14.2 Å². The van der Waals surface area contributed by atoms with Crippen molar-refractivity contribution in [3.63, 3.8) is 0 Å². The number of hydrogen-bond donors (Lipinski definition) is 0. The van der Waals surface area contributed by atoms with Gasteiger partial charge in [-0.2, -0.15) is 0 Å². The molecule has 0 bridgehead atoms. The summed E-state index contributed by atoms with van der Waals surface area (Å²) in [6, 6.07) is 22.7. The van der Waals surface area contributed by atoms with Crippen LogP contribution in [0.15, 0.2) is 77.6 Å². The first-order valence-electron chi connectivity index (χ1n) is 11.1. The van der Waals surface area contributed by atoms with Crippen LogP contribution in [0.5, 0.6) is 17.2 Å². The SMILES string of the molecule is COc1ccc(-c2nc3ccccc3c(=O)n2CCCCCOc2cccc(OC)c2)cc1. The van der Waals surface area contributed by atoms with Crippen molar-refractivity contribution in [2.45, 2.75) is 25.8 Å². The quantitative estimate of drug-likeness (QED) is 0.309. The first-order valence-corrected chi connectivity index (χ1v) is 11.1. The Balaban J connectivity index is 1.45. The van der Waals surface area contributed by atoms with Gasteiger partial charge in [-0.15, -0.1) is 0 Å². The second kappa shape index (κ2) is 10.7. The lowest BCUT2D eigenvalue weighted by atomic mass is 10.1. The summed E-state index contributed by atoms with van der Waals surface area (Å²) in [5.41, 5.74) is 1.58. The zero-order valence-corrected chi connectivity index (χ0v) is 19.0. The van der Waals surface area contributed by atoms with Crippen LogP contribution in [0.2, 0.25) is 0 Å². The third-order valence-corrected chi connectivity index (χ3v) is 5.55. The van der Waals surface area contributed by atoms with E-state index in [1.54, 1.807) is 18.8 Å². The molecule has 4 aromatic rings. The van der Waals surface area contributed by atoms with Crippen LogP contribution >= 0.6 is 0 Å². The van der Waals surface area contributed by atoms with Crippen LogP contribution in [-0.2, 0) is 6.54 Å². The maximum absolute atomic E-state index is 13.3. The molecule has 0 amide bonds. The van der Waals surface area contributed by atoms with Crippen LogP contribution in [0.25, 0.3) is 22.3 Å². The minimum atomic E-state index is -0.0148. The van der Waals surface area contributed by atoms with E-state index in [4.69, 9.17) is 19.2 Å². The van der Waals surface area contributed by atoms with E-state index in [1.165, 1.54) is 0 Å². The molecule has 6 heteroatoms. The molecule has 0 N–H and O–H groups in total. The second-order valence-electron chi connectivity index (χ2n) is 7.73. The van der Waals surface area contributed by atoms with Crippen LogP contribution in [-0.4, -0.2) is 30.4 Å². The lowest BCUT2D eigenvalue weighted by Crippen LogP contribution is -2.23. The first-order chi connectivity index (χ1) is 16.2. The molecular formula is C27H28N2O4. The number of fused-ring (bicyclic) bond motifs is 1. The molecular weight excluding hydrogens is 416 g/mol. The molecule has 0 unspecified atom stereocenters. The van der Waals surface area contributed by atoms with Gasteiger partial charge in [0.15, 0.2) is 0 Å². The largest absolute Gasteiger partial charge is 0.497 e. The maximum Gasteiger partial charge on any atom is 0.261 e. The predicted molar refractivity (Wildman–Crippen MR) is 130 cm³/mol. The van der Waals surface area contributed by atoms with Gasteiger partial charge in [-0.1, -0.05) is 18.2 Å². The second-order valence-corrected chi connectivity index (χ2v) is 7.73. The fraction of sp³-hybridized carbons (Fsp3) is 0.259. The molecule has 0 fully saturated rings. The molecule has 170 valence electrons. The van der Waals surface area contributed by atoms with Crippen molar-refractivity contribution in [2.24, 2.45) is 0 Å². The van der Waals surface area contributed by atoms with Gasteiger partial charge in [0.2, 0.25) is 0 Å². The molecule has 0 aliphatic rings. The van der Waals surface area contributed by atoms with Gasteiger partial charge in [0.1, 0.15) is 23.1 Å². The van der Waals surface area contributed by atoms with Crippen molar-refractivity contribution in [1.82, 2.24) is 9.55 Å². The summed E-state index contributed by atoms with van der Waals surface area (Å²) in [5, 5.41) is 0.635. The molecule has 0 saturated heterocycles. The predicted octanol–water partition coefficient (Wildman–Crippen LogP) is 5.33. The number of ether oxygens (including phenoxy) is 3. The van der Waals surface area contributed by atoms with Crippen LogP contribution in [0.3, 0.4) is 0 Å². The Bertz CT molecular complexity index is 1270. The average molecular weight is 445 g/mol. The van der Waals surface area contributed by atoms with Gasteiger partial charge in [0.25, 0.3) is 5.56 Å². The molecule has 1 heterocycles. The van der Waals surface area contributed by atoms with Crippen LogP contribution in [0, 0.1) is 0 Å². The van der Waals surface area contributed by atoms with Gasteiger partial charge < -0.3 is 14.2 Å². The Labute approximate surface area is 193 Å². The molecule has 0 radical (unpaired) electrons. The van der Waals surface area contributed by atoms with Crippen molar-refractivity contribution >= 4 is 10.9 Å². The normalized spacial score (nSPS) is 10.8. The average Bonchev–Trinajstić information content (AvgIpc) is 2.87. The number of rotatable bonds is 10. The minimum Gasteiger partial charge on any atom is -0.497 e. The summed E-state index contributed by atoms with van der Waals surface area (Å²) in [6.45, 7) is 1.21. The summed E-state index contributed by atoms with van der Waals surface area (Å²) >= 11 is 0. The zero-order valence-electron chi connectivity index (χ0n) is 19.0. The zero-order chi connectivity index (χ0) is 23.0. The molecule has 33 heavy (non-hydrogen) atoms. The number of hydrogen-bond acceptors (Lipinski definition) is 5. The Morgan fingerprint density at radius 2 is 1.55 bits per heavy atom. The third-order valence-electron chi connectivity index (χ3n) is 5.55. The van der Waals surface area contributed by atoms with Gasteiger partial charge in [-0.3, -0.25) is 9.36 Å². The van der Waals surface area contributed by atoms with E-state index in [1.807, 2.05) is 72.8 Å². The summed E-state index contributed by atoms with van der Waals surface area (Å²) in [4.78, 5) is 18.1.